The zero-order valence-corrected chi connectivity index (χ0v) is 13.5. The SMILES string of the molecule is Fc1cccc(-c2nc(Nc3cccnc3)ncc2-c2ccncn2)c1. The van der Waals surface area contributed by atoms with Crippen LogP contribution in [0.5, 0.6) is 0 Å². The first-order chi connectivity index (χ1) is 12.8. The van der Waals surface area contributed by atoms with Crippen molar-refractivity contribution in [3.63, 3.8) is 0 Å². The fraction of sp³-hybridized carbons (Fsp3) is 0. The fourth-order valence-corrected chi connectivity index (χ4v) is 2.50. The molecule has 6 nitrogen and oxygen atoms in total. The van der Waals surface area contributed by atoms with E-state index in [1.165, 1.54) is 18.5 Å². The minimum absolute atomic E-state index is 0.337. The van der Waals surface area contributed by atoms with Crippen molar-refractivity contribution >= 4 is 11.6 Å². The van der Waals surface area contributed by atoms with Gasteiger partial charge in [0.15, 0.2) is 0 Å². The molecule has 0 amide bonds. The molecule has 7 heteroatoms. The van der Waals surface area contributed by atoms with Crippen molar-refractivity contribution in [3.05, 3.63) is 79.4 Å². The highest BCUT2D eigenvalue weighted by molar-refractivity contribution is 5.79. The highest BCUT2D eigenvalue weighted by atomic mass is 19.1. The van der Waals surface area contributed by atoms with Crippen LogP contribution < -0.4 is 5.32 Å². The molecule has 0 saturated heterocycles. The molecule has 0 aliphatic heterocycles. The van der Waals surface area contributed by atoms with Crippen molar-refractivity contribution in [3.8, 4) is 22.5 Å². The van der Waals surface area contributed by atoms with E-state index in [0.717, 1.165) is 5.69 Å². The molecule has 0 fully saturated rings. The predicted molar refractivity (Wildman–Crippen MR) is 96.0 cm³/mol. The highest BCUT2D eigenvalue weighted by Crippen LogP contribution is 2.30. The van der Waals surface area contributed by atoms with Gasteiger partial charge in [0.05, 0.1) is 23.3 Å². The van der Waals surface area contributed by atoms with E-state index in [4.69, 9.17) is 0 Å². The quantitative estimate of drug-likeness (QED) is 0.605. The number of hydrogen-bond acceptors (Lipinski definition) is 6. The van der Waals surface area contributed by atoms with E-state index in [2.05, 4.69) is 30.2 Å². The van der Waals surface area contributed by atoms with Crippen LogP contribution in [-0.4, -0.2) is 24.9 Å². The normalized spacial score (nSPS) is 10.5. The monoisotopic (exact) mass is 344 g/mol. The van der Waals surface area contributed by atoms with Crippen LogP contribution in [-0.2, 0) is 0 Å². The summed E-state index contributed by atoms with van der Waals surface area (Å²) in [5.41, 5.74) is 3.31. The van der Waals surface area contributed by atoms with Crippen molar-refractivity contribution < 1.29 is 4.39 Å². The molecule has 0 aliphatic carbocycles. The summed E-state index contributed by atoms with van der Waals surface area (Å²) in [7, 11) is 0. The van der Waals surface area contributed by atoms with Crippen molar-refractivity contribution in [1.82, 2.24) is 24.9 Å². The van der Waals surface area contributed by atoms with Gasteiger partial charge in [0.1, 0.15) is 12.1 Å². The van der Waals surface area contributed by atoms with E-state index in [1.54, 1.807) is 43.0 Å². The zero-order chi connectivity index (χ0) is 17.8. The van der Waals surface area contributed by atoms with E-state index in [1.807, 2.05) is 12.1 Å². The van der Waals surface area contributed by atoms with Gasteiger partial charge in [-0.2, -0.15) is 0 Å². The summed E-state index contributed by atoms with van der Waals surface area (Å²) in [5, 5.41) is 3.10. The van der Waals surface area contributed by atoms with E-state index in [0.29, 0.717) is 28.5 Å². The third-order valence-electron chi connectivity index (χ3n) is 3.66. The molecular weight excluding hydrogens is 331 g/mol. The number of nitrogens with zero attached hydrogens (tertiary/aromatic N) is 5. The van der Waals surface area contributed by atoms with Crippen molar-refractivity contribution in [2.24, 2.45) is 0 Å². The molecule has 4 rings (SSSR count). The molecule has 0 radical (unpaired) electrons. The van der Waals surface area contributed by atoms with Crippen LogP contribution in [0.3, 0.4) is 0 Å². The Kier molecular flexibility index (Phi) is 4.26. The van der Waals surface area contributed by atoms with Crippen molar-refractivity contribution in [1.29, 1.82) is 0 Å². The first-order valence-corrected chi connectivity index (χ1v) is 7.86. The van der Waals surface area contributed by atoms with Gasteiger partial charge in [-0.25, -0.2) is 24.3 Å². The predicted octanol–water partition coefficient (Wildman–Crippen LogP) is 3.88. The van der Waals surface area contributed by atoms with Crippen LogP contribution in [0.25, 0.3) is 22.5 Å². The maximum Gasteiger partial charge on any atom is 0.227 e. The average Bonchev–Trinajstić information content (AvgIpc) is 2.69. The Morgan fingerprint density at radius 1 is 0.885 bits per heavy atom. The van der Waals surface area contributed by atoms with Gasteiger partial charge in [-0.15, -0.1) is 0 Å². The molecule has 3 heterocycles. The molecular formula is C19H13FN6. The van der Waals surface area contributed by atoms with E-state index >= 15 is 0 Å². The molecule has 1 aromatic carbocycles. The molecule has 126 valence electrons. The number of nitrogens with one attached hydrogen (secondary N) is 1. The standard InChI is InChI=1S/C19H13FN6/c20-14-4-1-3-13(9-14)18-16(17-6-8-22-12-24-17)11-23-19(26-18)25-15-5-2-7-21-10-15/h1-12H,(H,23,25,26). The molecule has 0 bridgehead atoms. The second-order valence-electron chi connectivity index (χ2n) is 5.43. The van der Waals surface area contributed by atoms with Crippen LogP contribution >= 0.6 is 0 Å². The van der Waals surface area contributed by atoms with E-state index in [-0.39, 0.29) is 5.82 Å². The summed E-state index contributed by atoms with van der Waals surface area (Å²) in [6.45, 7) is 0. The Balaban J connectivity index is 1.82. The van der Waals surface area contributed by atoms with Gasteiger partial charge < -0.3 is 5.32 Å². The third kappa shape index (κ3) is 3.36. The molecule has 26 heavy (non-hydrogen) atoms. The Bertz CT molecular complexity index is 1020. The summed E-state index contributed by atoms with van der Waals surface area (Å²) in [4.78, 5) is 21.2. The first-order valence-electron chi connectivity index (χ1n) is 7.86. The van der Waals surface area contributed by atoms with Gasteiger partial charge in [-0.1, -0.05) is 12.1 Å². The summed E-state index contributed by atoms with van der Waals surface area (Å²) in [6.07, 6.45) is 8.10. The molecule has 0 saturated carbocycles. The second kappa shape index (κ2) is 7.02. The number of hydrogen-bond donors (Lipinski definition) is 1. The summed E-state index contributed by atoms with van der Waals surface area (Å²) >= 11 is 0. The Hall–Kier alpha value is -3.74. The lowest BCUT2D eigenvalue weighted by atomic mass is 10.0. The van der Waals surface area contributed by atoms with Crippen LogP contribution in [0.4, 0.5) is 16.0 Å². The maximum atomic E-state index is 13.7. The molecule has 0 aliphatic rings. The average molecular weight is 344 g/mol. The number of pyridine rings is 1. The Morgan fingerprint density at radius 2 is 1.85 bits per heavy atom. The smallest absolute Gasteiger partial charge is 0.227 e. The molecule has 1 N–H and O–H groups in total. The molecule has 0 atom stereocenters. The Morgan fingerprint density at radius 3 is 2.62 bits per heavy atom. The largest absolute Gasteiger partial charge is 0.323 e. The minimum atomic E-state index is -0.337. The van der Waals surface area contributed by atoms with Crippen LogP contribution in [0.1, 0.15) is 0 Å². The summed E-state index contributed by atoms with van der Waals surface area (Å²) in [6, 6.07) is 11.7. The molecule has 0 spiro atoms. The lowest BCUT2D eigenvalue weighted by Crippen LogP contribution is -2.01. The van der Waals surface area contributed by atoms with Gasteiger partial charge >= 0.3 is 0 Å². The van der Waals surface area contributed by atoms with Gasteiger partial charge in [0.2, 0.25) is 5.95 Å². The summed E-state index contributed by atoms with van der Waals surface area (Å²) in [5.74, 6) is 0.0478. The maximum absolute atomic E-state index is 13.7. The lowest BCUT2D eigenvalue weighted by molar-refractivity contribution is 0.628. The molecule has 3 aromatic heterocycles. The topological polar surface area (TPSA) is 76.5 Å². The molecule has 0 unspecified atom stereocenters. The highest BCUT2D eigenvalue weighted by Gasteiger charge is 2.13. The molecule has 4 aromatic rings. The Labute approximate surface area is 148 Å². The van der Waals surface area contributed by atoms with Crippen molar-refractivity contribution in [2.75, 3.05) is 5.32 Å². The van der Waals surface area contributed by atoms with E-state index < -0.39 is 0 Å². The number of anilines is 2. The number of benzene rings is 1. The summed E-state index contributed by atoms with van der Waals surface area (Å²) < 4.78 is 13.7. The third-order valence-corrected chi connectivity index (χ3v) is 3.66. The zero-order valence-electron chi connectivity index (χ0n) is 13.5. The van der Waals surface area contributed by atoms with Crippen LogP contribution in [0, 0.1) is 5.82 Å². The van der Waals surface area contributed by atoms with Gasteiger partial charge in [0, 0.05) is 29.7 Å². The number of halogens is 1. The first kappa shape index (κ1) is 15.8. The second-order valence-corrected chi connectivity index (χ2v) is 5.43. The van der Waals surface area contributed by atoms with Gasteiger partial charge in [-0.3, -0.25) is 4.98 Å². The van der Waals surface area contributed by atoms with Gasteiger partial charge in [0.25, 0.3) is 0 Å². The van der Waals surface area contributed by atoms with Crippen LogP contribution in [0.2, 0.25) is 0 Å². The number of aromatic nitrogens is 5. The van der Waals surface area contributed by atoms with Gasteiger partial charge in [-0.05, 0) is 30.3 Å². The van der Waals surface area contributed by atoms with Crippen LogP contribution in [0.15, 0.2) is 73.6 Å². The fourth-order valence-electron chi connectivity index (χ4n) is 2.50. The minimum Gasteiger partial charge on any atom is -0.323 e. The number of rotatable bonds is 4. The van der Waals surface area contributed by atoms with E-state index in [9.17, 15) is 4.39 Å². The van der Waals surface area contributed by atoms with Crippen molar-refractivity contribution in [2.45, 2.75) is 0 Å². The lowest BCUT2D eigenvalue weighted by Gasteiger charge is -2.11.